The standard InChI is InChI=1S/C14H16BrClN2S/c1-18(8-13-5-12(15)9-19-13)7-11-3-2-10(6-17)4-14(11)16/h2-5,9H,6-8,17H2,1H3. The molecule has 0 saturated heterocycles. The van der Waals surface area contributed by atoms with Gasteiger partial charge in [-0.3, -0.25) is 4.90 Å². The van der Waals surface area contributed by atoms with Gasteiger partial charge < -0.3 is 5.73 Å². The first-order valence-corrected chi connectivity index (χ1v) is 8.02. The van der Waals surface area contributed by atoms with Crippen LogP contribution in [0.2, 0.25) is 5.02 Å². The van der Waals surface area contributed by atoms with Crippen LogP contribution in [-0.4, -0.2) is 11.9 Å². The number of thiophene rings is 1. The number of hydrogen-bond acceptors (Lipinski definition) is 3. The second kappa shape index (κ2) is 6.86. The molecule has 0 unspecified atom stereocenters. The normalized spacial score (nSPS) is 11.2. The quantitative estimate of drug-likeness (QED) is 0.864. The Bertz CT molecular complexity index is 556. The van der Waals surface area contributed by atoms with Crippen LogP contribution in [0.3, 0.4) is 0 Å². The number of benzene rings is 1. The minimum Gasteiger partial charge on any atom is -0.326 e. The number of halogens is 2. The zero-order valence-electron chi connectivity index (χ0n) is 10.7. The lowest BCUT2D eigenvalue weighted by Crippen LogP contribution is -2.16. The van der Waals surface area contributed by atoms with Crippen molar-refractivity contribution in [2.24, 2.45) is 5.73 Å². The molecule has 2 N–H and O–H groups in total. The summed E-state index contributed by atoms with van der Waals surface area (Å²) in [5.74, 6) is 0. The molecule has 2 nitrogen and oxygen atoms in total. The first kappa shape index (κ1) is 15.0. The van der Waals surface area contributed by atoms with Gasteiger partial charge in [0.15, 0.2) is 0 Å². The van der Waals surface area contributed by atoms with Crippen molar-refractivity contribution in [2.75, 3.05) is 7.05 Å². The highest BCUT2D eigenvalue weighted by atomic mass is 79.9. The average Bonchev–Trinajstić information content (AvgIpc) is 2.77. The Hall–Kier alpha value is -0.390. The van der Waals surface area contributed by atoms with E-state index in [1.54, 1.807) is 11.3 Å². The maximum atomic E-state index is 6.27. The van der Waals surface area contributed by atoms with Gasteiger partial charge in [-0.15, -0.1) is 11.3 Å². The highest BCUT2D eigenvalue weighted by Gasteiger charge is 2.07. The summed E-state index contributed by atoms with van der Waals surface area (Å²) in [7, 11) is 2.10. The van der Waals surface area contributed by atoms with Crippen molar-refractivity contribution in [3.05, 3.63) is 55.1 Å². The molecule has 0 aliphatic rings. The zero-order chi connectivity index (χ0) is 13.8. The number of hydrogen-bond donors (Lipinski definition) is 1. The fourth-order valence-corrected chi connectivity index (χ4v) is 3.69. The molecule has 0 aliphatic heterocycles. The molecule has 1 heterocycles. The van der Waals surface area contributed by atoms with Crippen molar-refractivity contribution < 1.29 is 0 Å². The van der Waals surface area contributed by atoms with E-state index in [9.17, 15) is 0 Å². The smallest absolute Gasteiger partial charge is 0.0454 e. The molecule has 0 amide bonds. The van der Waals surface area contributed by atoms with E-state index in [1.165, 1.54) is 4.88 Å². The van der Waals surface area contributed by atoms with Gasteiger partial charge in [-0.2, -0.15) is 0 Å². The monoisotopic (exact) mass is 358 g/mol. The third-order valence-corrected chi connectivity index (χ3v) is 4.88. The van der Waals surface area contributed by atoms with E-state index in [0.29, 0.717) is 6.54 Å². The summed E-state index contributed by atoms with van der Waals surface area (Å²) in [6, 6.07) is 8.20. The highest BCUT2D eigenvalue weighted by Crippen LogP contribution is 2.23. The van der Waals surface area contributed by atoms with E-state index in [-0.39, 0.29) is 0 Å². The van der Waals surface area contributed by atoms with E-state index in [4.69, 9.17) is 17.3 Å². The number of nitrogens with zero attached hydrogens (tertiary/aromatic N) is 1. The van der Waals surface area contributed by atoms with Gasteiger partial charge >= 0.3 is 0 Å². The molecule has 19 heavy (non-hydrogen) atoms. The minimum atomic E-state index is 0.527. The van der Waals surface area contributed by atoms with Crippen molar-refractivity contribution in [3.8, 4) is 0 Å². The zero-order valence-corrected chi connectivity index (χ0v) is 13.9. The van der Waals surface area contributed by atoms with E-state index in [0.717, 1.165) is 33.7 Å². The lowest BCUT2D eigenvalue weighted by atomic mass is 10.1. The molecule has 0 radical (unpaired) electrons. The summed E-state index contributed by atoms with van der Waals surface area (Å²) < 4.78 is 1.14. The van der Waals surface area contributed by atoms with Crippen LogP contribution in [0.15, 0.2) is 34.1 Å². The van der Waals surface area contributed by atoms with Crippen LogP contribution < -0.4 is 5.73 Å². The van der Waals surface area contributed by atoms with E-state index >= 15 is 0 Å². The lowest BCUT2D eigenvalue weighted by molar-refractivity contribution is 0.322. The summed E-state index contributed by atoms with van der Waals surface area (Å²) in [5, 5.41) is 2.90. The van der Waals surface area contributed by atoms with Gasteiger partial charge in [-0.05, 0) is 46.2 Å². The molecule has 0 spiro atoms. The molecular formula is C14H16BrClN2S. The van der Waals surface area contributed by atoms with Crippen LogP contribution in [-0.2, 0) is 19.6 Å². The van der Waals surface area contributed by atoms with Crippen molar-refractivity contribution in [1.29, 1.82) is 0 Å². The first-order valence-electron chi connectivity index (χ1n) is 5.97. The Morgan fingerprint density at radius 2 is 2.11 bits per heavy atom. The summed E-state index contributed by atoms with van der Waals surface area (Å²) in [4.78, 5) is 3.59. The van der Waals surface area contributed by atoms with E-state index in [1.807, 2.05) is 12.1 Å². The Labute approximate surface area is 131 Å². The molecule has 0 bridgehead atoms. The Morgan fingerprint density at radius 3 is 2.68 bits per heavy atom. The third kappa shape index (κ3) is 4.29. The highest BCUT2D eigenvalue weighted by molar-refractivity contribution is 9.10. The summed E-state index contributed by atoms with van der Waals surface area (Å²) in [6.07, 6.45) is 0. The molecule has 0 atom stereocenters. The maximum absolute atomic E-state index is 6.27. The van der Waals surface area contributed by atoms with E-state index in [2.05, 4.69) is 45.4 Å². The predicted molar refractivity (Wildman–Crippen MR) is 86.5 cm³/mol. The van der Waals surface area contributed by atoms with E-state index < -0.39 is 0 Å². The minimum absolute atomic E-state index is 0.527. The van der Waals surface area contributed by atoms with Gasteiger partial charge in [0.1, 0.15) is 0 Å². The van der Waals surface area contributed by atoms with Gasteiger partial charge in [-0.25, -0.2) is 0 Å². The van der Waals surface area contributed by atoms with Gasteiger partial charge in [0, 0.05) is 39.4 Å². The summed E-state index contributed by atoms with van der Waals surface area (Å²) in [6.45, 7) is 2.28. The predicted octanol–water partition coefficient (Wildman–Crippen LogP) is 4.25. The molecule has 2 rings (SSSR count). The largest absolute Gasteiger partial charge is 0.326 e. The first-order chi connectivity index (χ1) is 9.08. The molecule has 0 saturated carbocycles. The van der Waals surface area contributed by atoms with Crippen LogP contribution in [0.4, 0.5) is 0 Å². The Kier molecular flexibility index (Phi) is 5.42. The molecule has 0 aliphatic carbocycles. The lowest BCUT2D eigenvalue weighted by Gasteiger charge is -2.17. The fourth-order valence-electron chi connectivity index (χ4n) is 1.90. The number of rotatable bonds is 5. The Balaban J connectivity index is 2.00. The van der Waals surface area contributed by atoms with Gasteiger partial charge in [0.2, 0.25) is 0 Å². The van der Waals surface area contributed by atoms with Crippen LogP contribution in [0, 0.1) is 0 Å². The van der Waals surface area contributed by atoms with Gasteiger partial charge in [0.05, 0.1) is 0 Å². The second-order valence-electron chi connectivity index (χ2n) is 4.53. The summed E-state index contributed by atoms with van der Waals surface area (Å²) in [5.41, 5.74) is 7.81. The van der Waals surface area contributed by atoms with Crippen LogP contribution >= 0.6 is 38.9 Å². The fraction of sp³-hybridized carbons (Fsp3) is 0.286. The third-order valence-electron chi connectivity index (χ3n) is 2.84. The maximum Gasteiger partial charge on any atom is 0.0454 e. The number of nitrogens with two attached hydrogens (primary N) is 1. The SMILES string of the molecule is CN(Cc1cc(Br)cs1)Cc1ccc(CN)cc1Cl. The molecule has 2 aromatic rings. The van der Waals surface area contributed by atoms with Gasteiger partial charge in [0.25, 0.3) is 0 Å². The molecule has 1 aromatic heterocycles. The molecule has 0 fully saturated rings. The Morgan fingerprint density at radius 1 is 1.32 bits per heavy atom. The van der Waals surface area contributed by atoms with Crippen LogP contribution in [0.1, 0.15) is 16.0 Å². The van der Waals surface area contributed by atoms with Crippen LogP contribution in [0.5, 0.6) is 0 Å². The van der Waals surface area contributed by atoms with Crippen LogP contribution in [0.25, 0.3) is 0 Å². The van der Waals surface area contributed by atoms with Crippen molar-refractivity contribution in [1.82, 2.24) is 4.90 Å². The topological polar surface area (TPSA) is 29.3 Å². The molecule has 102 valence electrons. The molecular weight excluding hydrogens is 344 g/mol. The van der Waals surface area contributed by atoms with Gasteiger partial charge in [-0.1, -0.05) is 23.7 Å². The molecule has 5 heteroatoms. The second-order valence-corrected chi connectivity index (χ2v) is 6.85. The van der Waals surface area contributed by atoms with Crippen molar-refractivity contribution >= 4 is 38.9 Å². The van der Waals surface area contributed by atoms with Crippen molar-refractivity contribution in [2.45, 2.75) is 19.6 Å². The molecule has 1 aromatic carbocycles. The summed E-state index contributed by atoms with van der Waals surface area (Å²) >= 11 is 11.5. The average molecular weight is 360 g/mol. The van der Waals surface area contributed by atoms with Crippen molar-refractivity contribution in [3.63, 3.8) is 0 Å².